The summed E-state index contributed by atoms with van der Waals surface area (Å²) in [6.07, 6.45) is 1.77. The molecule has 0 unspecified atom stereocenters. The third-order valence-electron chi connectivity index (χ3n) is 2.14. The fourth-order valence-electron chi connectivity index (χ4n) is 1.14. The van der Waals surface area contributed by atoms with E-state index in [1.54, 1.807) is 0 Å². The highest BCUT2D eigenvalue weighted by atomic mass is 16.4. The summed E-state index contributed by atoms with van der Waals surface area (Å²) < 4.78 is 1.24. The van der Waals surface area contributed by atoms with E-state index in [4.69, 9.17) is 5.11 Å². The minimum atomic E-state index is -1.21. The predicted molar refractivity (Wildman–Crippen MR) is 49.3 cm³/mol. The number of hydrogen-bond donors (Lipinski definition) is 2. The van der Waals surface area contributed by atoms with Crippen molar-refractivity contribution in [3.8, 4) is 0 Å². The molecule has 0 radical (unpaired) electrons. The average Bonchev–Trinajstić information content (AvgIpc) is 2.93. The van der Waals surface area contributed by atoms with E-state index in [0.29, 0.717) is 0 Å². The monoisotopic (exact) mass is 210 g/mol. The zero-order chi connectivity index (χ0) is 11.0. The maximum Gasteiger partial charge on any atom is 0.375 e. The smallest absolute Gasteiger partial charge is 0.375 e. The Morgan fingerprint density at radius 1 is 1.53 bits per heavy atom. The van der Waals surface area contributed by atoms with Gasteiger partial charge in [0.15, 0.2) is 0 Å². The Bertz CT molecular complexity index is 422. The maximum absolute atomic E-state index is 11.4. The molecule has 0 bridgehead atoms. The first-order valence-corrected chi connectivity index (χ1v) is 4.53. The number of nitrogens with one attached hydrogen (secondary N) is 1. The van der Waals surface area contributed by atoms with Crippen LogP contribution in [0.2, 0.25) is 0 Å². The lowest BCUT2D eigenvalue weighted by Gasteiger charge is -2.00. The van der Waals surface area contributed by atoms with Gasteiger partial charge in [0.1, 0.15) is 0 Å². The summed E-state index contributed by atoms with van der Waals surface area (Å²) in [4.78, 5) is 25.6. The Balaban J connectivity index is 2.13. The van der Waals surface area contributed by atoms with Crippen LogP contribution in [0.3, 0.4) is 0 Å². The Morgan fingerprint density at radius 3 is 2.67 bits per heavy atom. The fourth-order valence-corrected chi connectivity index (χ4v) is 1.14. The molecule has 1 saturated carbocycles. The highest BCUT2D eigenvalue weighted by Crippen LogP contribution is 2.29. The standard InChI is InChI=1S/C8H10N4O3/c1-12-8(9-5(11-12)7(14)15)10-6(13)4-2-3-4/h4H,2-3H2,1H3,(H,14,15)(H,9,10,11,13). The second-order valence-corrected chi connectivity index (χ2v) is 3.45. The van der Waals surface area contributed by atoms with Crippen LogP contribution in [0.4, 0.5) is 5.95 Å². The number of amides is 1. The first kappa shape index (κ1) is 9.63. The molecular weight excluding hydrogens is 200 g/mol. The lowest BCUT2D eigenvalue weighted by Crippen LogP contribution is -2.16. The van der Waals surface area contributed by atoms with Crippen LogP contribution in [0, 0.1) is 5.92 Å². The first-order valence-electron chi connectivity index (χ1n) is 4.53. The van der Waals surface area contributed by atoms with E-state index >= 15 is 0 Å². The highest BCUT2D eigenvalue weighted by Gasteiger charge is 2.30. The SMILES string of the molecule is Cn1nc(C(=O)O)nc1NC(=O)C1CC1. The summed E-state index contributed by atoms with van der Waals surface area (Å²) in [6.45, 7) is 0. The van der Waals surface area contributed by atoms with Crippen LogP contribution in [0.5, 0.6) is 0 Å². The number of aromatic nitrogens is 3. The summed E-state index contributed by atoms with van der Waals surface area (Å²) in [7, 11) is 1.53. The number of hydrogen-bond acceptors (Lipinski definition) is 4. The van der Waals surface area contributed by atoms with Gasteiger partial charge in [-0.1, -0.05) is 0 Å². The summed E-state index contributed by atoms with van der Waals surface area (Å²) in [5, 5.41) is 14.8. The first-order chi connectivity index (χ1) is 7.08. The van der Waals surface area contributed by atoms with E-state index in [2.05, 4.69) is 15.4 Å². The molecule has 1 aliphatic carbocycles. The highest BCUT2D eigenvalue weighted by molar-refractivity contribution is 5.93. The van der Waals surface area contributed by atoms with Crippen LogP contribution in [-0.2, 0) is 11.8 Å². The molecule has 1 heterocycles. The van der Waals surface area contributed by atoms with E-state index < -0.39 is 5.97 Å². The zero-order valence-electron chi connectivity index (χ0n) is 8.10. The maximum atomic E-state index is 11.4. The summed E-state index contributed by atoms with van der Waals surface area (Å²) >= 11 is 0. The van der Waals surface area contributed by atoms with Gasteiger partial charge in [0.2, 0.25) is 11.9 Å². The van der Waals surface area contributed by atoms with Crippen molar-refractivity contribution < 1.29 is 14.7 Å². The molecular formula is C8H10N4O3. The van der Waals surface area contributed by atoms with Crippen molar-refractivity contribution in [2.24, 2.45) is 13.0 Å². The van der Waals surface area contributed by atoms with Crippen molar-refractivity contribution in [2.45, 2.75) is 12.8 Å². The zero-order valence-corrected chi connectivity index (χ0v) is 8.10. The fraction of sp³-hybridized carbons (Fsp3) is 0.500. The number of anilines is 1. The van der Waals surface area contributed by atoms with Gasteiger partial charge in [0.05, 0.1) is 0 Å². The number of aromatic carboxylic acids is 1. The van der Waals surface area contributed by atoms with Crippen LogP contribution in [-0.4, -0.2) is 31.7 Å². The number of carboxylic acid groups (broad SMARTS) is 1. The molecule has 0 spiro atoms. The number of rotatable bonds is 3. The summed E-state index contributed by atoms with van der Waals surface area (Å²) in [5.74, 6) is -1.43. The largest absolute Gasteiger partial charge is 0.475 e. The van der Waals surface area contributed by atoms with Gasteiger partial charge in [-0.3, -0.25) is 10.1 Å². The topological polar surface area (TPSA) is 97.1 Å². The molecule has 0 atom stereocenters. The minimum absolute atomic E-state index is 0.0509. The molecule has 80 valence electrons. The molecule has 0 aliphatic heterocycles. The molecule has 2 N–H and O–H groups in total. The Morgan fingerprint density at radius 2 is 2.20 bits per heavy atom. The molecule has 15 heavy (non-hydrogen) atoms. The van der Waals surface area contributed by atoms with Crippen molar-refractivity contribution in [1.82, 2.24) is 14.8 Å². The van der Waals surface area contributed by atoms with Gasteiger partial charge in [0.25, 0.3) is 5.82 Å². The van der Waals surface area contributed by atoms with Crippen molar-refractivity contribution in [3.63, 3.8) is 0 Å². The second-order valence-electron chi connectivity index (χ2n) is 3.45. The number of carbonyl (C=O) groups is 2. The second kappa shape index (κ2) is 3.34. The molecule has 0 aromatic carbocycles. The Kier molecular flexibility index (Phi) is 2.14. The third kappa shape index (κ3) is 1.95. The Hall–Kier alpha value is -1.92. The Labute approximate surface area is 85.1 Å². The predicted octanol–water partition coefficient (Wildman–Crippen LogP) is -0.138. The van der Waals surface area contributed by atoms with Gasteiger partial charge in [0, 0.05) is 13.0 Å². The van der Waals surface area contributed by atoms with E-state index in [0.717, 1.165) is 12.8 Å². The molecule has 1 aliphatic rings. The number of nitrogens with zero attached hydrogens (tertiary/aromatic N) is 3. The van der Waals surface area contributed by atoms with Crippen LogP contribution in [0.1, 0.15) is 23.5 Å². The molecule has 1 amide bonds. The molecule has 2 rings (SSSR count). The average molecular weight is 210 g/mol. The van der Waals surface area contributed by atoms with E-state index in [1.807, 2.05) is 0 Å². The van der Waals surface area contributed by atoms with Gasteiger partial charge in [-0.25, -0.2) is 9.48 Å². The van der Waals surface area contributed by atoms with E-state index in [1.165, 1.54) is 11.7 Å². The van der Waals surface area contributed by atoms with Crippen molar-refractivity contribution >= 4 is 17.8 Å². The van der Waals surface area contributed by atoms with Crippen LogP contribution in [0.25, 0.3) is 0 Å². The molecule has 7 nitrogen and oxygen atoms in total. The van der Waals surface area contributed by atoms with Crippen molar-refractivity contribution in [1.29, 1.82) is 0 Å². The third-order valence-corrected chi connectivity index (χ3v) is 2.14. The summed E-state index contributed by atoms with van der Waals surface area (Å²) in [6, 6.07) is 0. The normalized spacial score (nSPS) is 15.0. The molecule has 1 aromatic heterocycles. The van der Waals surface area contributed by atoms with Gasteiger partial charge < -0.3 is 5.11 Å². The minimum Gasteiger partial charge on any atom is -0.475 e. The van der Waals surface area contributed by atoms with Gasteiger partial charge in [-0.05, 0) is 12.8 Å². The number of carboxylic acids is 1. The van der Waals surface area contributed by atoms with Crippen molar-refractivity contribution in [2.75, 3.05) is 5.32 Å². The van der Waals surface area contributed by atoms with Crippen LogP contribution < -0.4 is 5.32 Å². The number of aryl methyl sites for hydroxylation is 1. The van der Waals surface area contributed by atoms with Crippen LogP contribution >= 0.6 is 0 Å². The quantitative estimate of drug-likeness (QED) is 0.723. The summed E-state index contributed by atoms with van der Waals surface area (Å²) in [5.41, 5.74) is 0. The number of carbonyl (C=O) groups excluding carboxylic acids is 1. The van der Waals surface area contributed by atoms with Crippen LogP contribution in [0.15, 0.2) is 0 Å². The molecule has 7 heteroatoms. The van der Waals surface area contributed by atoms with Gasteiger partial charge >= 0.3 is 5.97 Å². The lowest BCUT2D eigenvalue weighted by atomic mass is 10.4. The molecule has 0 saturated heterocycles. The lowest BCUT2D eigenvalue weighted by molar-refractivity contribution is -0.117. The van der Waals surface area contributed by atoms with E-state index in [9.17, 15) is 9.59 Å². The van der Waals surface area contributed by atoms with Crippen molar-refractivity contribution in [3.05, 3.63) is 5.82 Å². The van der Waals surface area contributed by atoms with Gasteiger partial charge in [-0.2, -0.15) is 4.98 Å². The molecule has 1 fully saturated rings. The van der Waals surface area contributed by atoms with Gasteiger partial charge in [-0.15, -0.1) is 5.10 Å². The van der Waals surface area contributed by atoms with E-state index in [-0.39, 0.29) is 23.6 Å². The molecule has 1 aromatic rings.